The summed E-state index contributed by atoms with van der Waals surface area (Å²) in [5.74, 6) is 0. The van der Waals surface area contributed by atoms with E-state index in [0.29, 0.717) is 6.61 Å². The predicted molar refractivity (Wildman–Crippen MR) is 83.2 cm³/mol. The quantitative estimate of drug-likeness (QED) is 0.783. The summed E-state index contributed by atoms with van der Waals surface area (Å²) in [4.78, 5) is 6.72. The van der Waals surface area contributed by atoms with Gasteiger partial charge >= 0.3 is 0 Å². The molecular formula is C16H24N4O. The van der Waals surface area contributed by atoms with Crippen molar-refractivity contribution in [1.82, 2.24) is 19.7 Å². The number of hydrogen-bond donors (Lipinski definition) is 0. The van der Waals surface area contributed by atoms with Gasteiger partial charge in [-0.3, -0.25) is 14.6 Å². The zero-order valence-corrected chi connectivity index (χ0v) is 13.3. The number of aryl methyl sites for hydroxylation is 2. The Kier molecular flexibility index (Phi) is 5.47. The minimum absolute atomic E-state index is 0.160. The number of likely N-dealkylation sites (N-methyl/N-ethyl adjacent to an activating group) is 1. The summed E-state index contributed by atoms with van der Waals surface area (Å²) in [5.41, 5.74) is 3.30. The van der Waals surface area contributed by atoms with Crippen LogP contribution in [-0.4, -0.2) is 47.0 Å². The molecule has 0 aliphatic heterocycles. The van der Waals surface area contributed by atoms with Crippen LogP contribution >= 0.6 is 0 Å². The van der Waals surface area contributed by atoms with Crippen LogP contribution in [0.25, 0.3) is 0 Å². The summed E-state index contributed by atoms with van der Waals surface area (Å²) in [7, 11) is 3.83. The summed E-state index contributed by atoms with van der Waals surface area (Å²) in [6.07, 6.45) is 1.83. The maximum atomic E-state index is 5.36. The van der Waals surface area contributed by atoms with Crippen molar-refractivity contribution in [3.8, 4) is 0 Å². The highest BCUT2D eigenvalue weighted by Gasteiger charge is 2.18. The van der Waals surface area contributed by atoms with Crippen LogP contribution < -0.4 is 0 Å². The van der Waals surface area contributed by atoms with Crippen molar-refractivity contribution in [3.63, 3.8) is 0 Å². The first-order valence-corrected chi connectivity index (χ1v) is 7.23. The molecule has 0 radical (unpaired) electrons. The summed E-state index contributed by atoms with van der Waals surface area (Å²) >= 11 is 0. The van der Waals surface area contributed by atoms with Crippen molar-refractivity contribution in [2.75, 3.05) is 27.3 Å². The fraction of sp³-hybridized carbons (Fsp3) is 0.500. The largest absolute Gasteiger partial charge is 0.383 e. The molecule has 0 N–H and O–H groups in total. The Bertz CT molecular complexity index is 553. The highest BCUT2D eigenvalue weighted by atomic mass is 16.5. The molecule has 0 bridgehead atoms. The van der Waals surface area contributed by atoms with Gasteiger partial charge in [-0.25, -0.2) is 0 Å². The molecule has 0 aliphatic carbocycles. The fourth-order valence-electron chi connectivity index (χ4n) is 2.48. The maximum absolute atomic E-state index is 5.36. The molecule has 0 aliphatic rings. The minimum atomic E-state index is 0.160. The molecule has 2 heterocycles. The van der Waals surface area contributed by atoms with Crippen LogP contribution in [0.1, 0.15) is 23.1 Å². The molecule has 2 aromatic rings. The lowest BCUT2D eigenvalue weighted by Gasteiger charge is -2.27. The SMILES string of the molecule is COCC(c1ccccn1)N(C)CCn1nc(C)cc1C. The van der Waals surface area contributed by atoms with Crippen molar-refractivity contribution < 1.29 is 4.74 Å². The van der Waals surface area contributed by atoms with E-state index < -0.39 is 0 Å². The van der Waals surface area contributed by atoms with Crippen LogP contribution in [-0.2, 0) is 11.3 Å². The fourth-order valence-corrected chi connectivity index (χ4v) is 2.48. The molecule has 1 atom stereocenters. The molecule has 5 heteroatoms. The number of rotatable bonds is 7. The van der Waals surface area contributed by atoms with E-state index in [2.05, 4.69) is 35.0 Å². The summed E-state index contributed by atoms with van der Waals surface area (Å²) in [6.45, 7) is 6.50. The minimum Gasteiger partial charge on any atom is -0.383 e. The van der Waals surface area contributed by atoms with Gasteiger partial charge in [0.1, 0.15) is 0 Å². The highest BCUT2D eigenvalue weighted by molar-refractivity contribution is 5.09. The summed E-state index contributed by atoms with van der Waals surface area (Å²) in [6, 6.07) is 8.26. The molecule has 2 rings (SSSR count). The van der Waals surface area contributed by atoms with Crippen LogP contribution in [0.4, 0.5) is 0 Å². The summed E-state index contributed by atoms with van der Waals surface area (Å²) in [5, 5.41) is 4.50. The van der Waals surface area contributed by atoms with E-state index in [-0.39, 0.29) is 6.04 Å². The zero-order valence-electron chi connectivity index (χ0n) is 13.3. The van der Waals surface area contributed by atoms with E-state index in [0.717, 1.165) is 24.5 Å². The van der Waals surface area contributed by atoms with Gasteiger partial charge in [-0.05, 0) is 39.1 Å². The molecule has 0 amide bonds. The number of nitrogens with zero attached hydrogens (tertiary/aromatic N) is 4. The molecule has 114 valence electrons. The number of pyridine rings is 1. The van der Waals surface area contributed by atoms with Crippen LogP contribution in [0, 0.1) is 13.8 Å². The molecule has 2 aromatic heterocycles. The second kappa shape index (κ2) is 7.33. The van der Waals surface area contributed by atoms with Gasteiger partial charge in [0.15, 0.2) is 0 Å². The Morgan fingerprint density at radius 1 is 1.33 bits per heavy atom. The molecule has 0 spiro atoms. The lowest BCUT2D eigenvalue weighted by molar-refractivity contribution is 0.101. The molecular weight excluding hydrogens is 264 g/mol. The van der Waals surface area contributed by atoms with Gasteiger partial charge in [-0.1, -0.05) is 6.07 Å². The van der Waals surface area contributed by atoms with E-state index in [4.69, 9.17) is 4.74 Å². The Hall–Kier alpha value is -1.72. The van der Waals surface area contributed by atoms with E-state index in [1.807, 2.05) is 36.0 Å². The van der Waals surface area contributed by atoms with Gasteiger partial charge in [0.25, 0.3) is 0 Å². The van der Waals surface area contributed by atoms with Crippen molar-refractivity contribution >= 4 is 0 Å². The van der Waals surface area contributed by atoms with Crippen LogP contribution in [0.3, 0.4) is 0 Å². The molecule has 0 fully saturated rings. The molecule has 0 saturated heterocycles. The van der Waals surface area contributed by atoms with Gasteiger partial charge in [-0.2, -0.15) is 5.10 Å². The van der Waals surface area contributed by atoms with Crippen molar-refractivity contribution in [2.45, 2.75) is 26.4 Å². The van der Waals surface area contributed by atoms with Crippen molar-refractivity contribution in [3.05, 3.63) is 47.5 Å². The normalized spacial score (nSPS) is 12.8. The molecule has 21 heavy (non-hydrogen) atoms. The third-order valence-electron chi connectivity index (χ3n) is 3.65. The van der Waals surface area contributed by atoms with Crippen molar-refractivity contribution in [2.24, 2.45) is 0 Å². The smallest absolute Gasteiger partial charge is 0.0755 e. The van der Waals surface area contributed by atoms with E-state index >= 15 is 0 Å². The Morgan fingerprint density at radius 3 is 2.71 bits per heavy atom. The van der Waals surface area contributed by atoms with E-state index in [1.165, 1.54) is 5.69 Å². The van der Waals surface area contributed by atoms with Crippen LogP contribution in [0.15, 0.2) is 30.5 Å². The second-order valence-electron chi connectivity index (χ2n) is 5.36. The Morgan fingerprint density at radius 2 is 2.14 bits per heavy atom. The molecule has 0 saturated carbocycles. The Labute approximate surface area is 126 Å². The zero-order chi connectivity index (χ0) is 15.2. The third-order valence-corrected chi connectivity index (χ3v) is 3.65. The number of ether oxygens (including phenoxy) is 1. The van der Waals surface area contributed by atoms with Gasteiger partial charge in [0.2, 0.25) is 0 Å². The molecule has 0 aromatic carbocycles. The third kappa shape index (κ3) is 4.12. The van der Waals surface area contributed by atoms with Gasteiger partial charge in [-0.15, -0.1) is 0 Å². The summed E-state index contributed by atoms with van der Waals surface area (Å²) < 4.78 is 7.41. The van der Waals surface area contributed by atoms with Crippen molar-refractivity contribution in [1.29, 1.82) is 0 Å². The standard InChI is InChI=1S/C16H24N4O/c1-13-11-14(2)20(18-13)10-9-19(3)16(12-21-4)15-7-5-6-8-17-15/h5-8,11,16H,9-10,12H2,1-4H3. The first kappa shape index (κ1) is 15.7. The van der Waals surface area contributed by atoms with Gasteiger partial charge in [0, 0.05) is 25.5 Å². The van der Waals surface area contributed by atoms with Gasteiger partial charge in [0.05, 0.1) is 30.6 Å². The maximum Gasteiger partial charge on any atom is 0.0755 e. The lowest BCUT2D eigenvalue weighted by atomic mass is 10.1. The van der Waals surface area contributed by atoms with Crippen LogP contribution in [0.2, 0.25) is 0 Å². The monoisotopic (exact) mass is 288 g/mol. The number of aromatic nitrogens is 3. The van der Waals surface area contributed by atoms with E-state index in [9.17, 15) is 0 Å². The first-order valence-electron chi connectivity index (χ1n) is 7.23. The first-order chi connectivity index (χ1) is 10.1. The lowest BCUT2D eigenvalue weighted by Crippen LogP contribution is -2.31. The van der Waals surface area contributed by atoms with E-state index in [1.54, 1.807) is 7.11 Å². The highest BCUT2D eigenvalue weighted by Crippen LogP contribution is 2.17. The number of hydrogen-bond acceptors (Lipinski definition) is 4. The number of methoxy groups -OCH3 is 1. The average molecular weight is 288 g/mol. The predicted octanol–water partition coefficient (Wildman–Crippen LogP) is 2.21. The second-order valence-corrected chi connectivity index (χ2v) is 5.36. The van der Waals surface area contributed by atoms with Gasteiger partial charge < -0.3 is 4.74 Å². The average Bonchev–Trinajstić information content (AvgIpc) is 2.81. The Balaban J connectivity index is 2.02. The molecule has 1 unspecified atom stereocenters. The van der Waals surface area contributed by atoms with Crippen LogP contribution in [0.5, 0.6) is 0 Å². The topological polar surface area (TPSA) is 43.2 Å². The molecule has 5 nitrogen and oxygen atoms in total.